The summed E-state index contributed by atoms with van der Waals surface area (Å²) in [6.45, 7) is 0.869. The Balaban J connectivity index is 1.96. The number of nitrogens with one attached hydrogen (secondary N) is 1. The molecule has 0 fully saturated rings. The van der Waals surface area contributed by atoms with Crippen LogP contribution >= 0.6 is 11.3 Å². The molecule has 3 N–H and O–H groups in total. The van der Waals surface area contributed by atoms with Crippen LogP contribution in [0.1, 0.15) is 16.2 Å². The lowest BCUT2D eigenvalue weighted by Gasteiger charge is -2.12. The Bertz CT molecular complexity index is 661. The second kappa shape index (κ2) is 7.31. The average molecular weight is 301 g/mol. The summed E-state index contributed by atoms with van der Waals surface area (Å²) in [4.78, 5) is 12.5. The number of anilines is 1. The van der Waals surface area contributed by atoms with E-state index < -0.39 is 0 Å². The van der Waals surface area contributed by atoms with Crippen molar-refractivity contribution in [2.75, 3.05) is 11.9 Å². The van der Waals surface area contributed by atoms with Gasteiger partial charge in [0.05, 0.1) is 18.7 Å². The van der Waals surface area contributed by atoms with Gasteiger partial charge in [0.2, 0.25) is 5.91 Å². The third-order valence-corrected chi connectivity index (χ3v) is 3.71. The summed E-state index contributed by atoms with van der Waals surface area (Å²) in [7, 11) is 0. The second-order valence-corrected chi connectivity index (χ2v) is 5.46. The van der Waals surface area contributed by atoms with Gasteiger partial charge in [-0.05, 0) is 24.3 Å². The lowest BCUT2D eigenvalue weighted by atomic mass is 10.3. The first-order chi connectivity index (χ1) is 10.2. The highest BCUT2D eigenvalue weighted by Crippen LogP contribution is 2.25. The zero-order chi connectivity index (χ0) is 15.1. The van der Waals surface area contributed by atoms with Crippen LogP contribution in [-0.4, -0.2) is 12.5 Å². The van der Waals surface area contributed by atoms with Gasteiger partial charge < -0.3 is 15.8 Å². The zero-order valence-electron chi connectivity index (χ0n) is 11.3. The maximum absolute atomic E-state index is 10.7. The monoisotopic (exact) mass is 301 g/mol. The first-order valence-corrected chi connectivity index (χ1v) is 7.23. The number of carbonyl (C=O) groups is 1. The highest BCUT2D eigenvalue weighted by atomic mass is 32.1. The fourth-order valence-corrected chi connectivity index (χ4v) is 2.46. The lowest BCUT2D eigenvalue weighted by molar-refractivity contribution is -0.118. The Morgan fingerprint density at radius 1 is 1.33 bits per heavy atom. The molecule has 1 amide bonds. The Morgan fingerprint density at radius 2 is 2.14 bits per heavy atom. The predicted molar refractivity (Wildman–Crippen MR) is 82.1 cm³/mol. The van der Waals surface area contributed by atoms with Gasteiger partial charge in [-0.25, -0.2) is 0 Å². The maximum Gasteiger partial charge on any atom is 0.220 e. The molecule has 0 atom stereocenters. The molecular weight excluding hydrogens is 286 g/mol. The number of thiophene rings is 1. The summed E-state index contributed by atoms with van der Waals surface area (Å²) in [5, 5.41) is 12.1. The highest BCUT2D eigenvalue weighted by molar-refractivity contribution is 7.12. The molecule has 0 aliphatic heterocycles. The van der Waals surface area contributed by atoms with E-state index in [0.29, 0.717) is 17.2 Å². The Hall–Kier alpha value is -2.52. The maximum atomic E-state index is 10.7. The van der Waals surface area contributed by atoms with Crippen molar-refractivity contribution in [3.05, 3.63) is 46.2 Å². The van der Waals surface area contributed by atoms with Gasteiger partial charge in [-0.3, -0.25) is 4.79 Å². The van der Waals surface area contributed by atoms with Crippen LogP contribution in [0.25, 0.3) is 0 Å². The zero-order valence-corrected chi connectivity index (χ0v) is 12.2. The molecule has 0 saturated carbocycles. The number of primary amides is 1. The van der Waals surface area contributed by atoms with E-state index in [9.17, 15) is 4.79 Å². The topological polar surface area (TPSA) is 88.1 Å². The standard InChI is InChI=1S/C15H15N3O2S/c16-9-11-5-6-12(21-11)10-18-13-3-1-2-4-14(13)20-8-7-15(17)19/h1-6,18H,7-8,10H2,(H2,17,19). The molecule has 1 aromatic heterocycles. The summed E-state index contributed by atoms with van der Waals surface area (Å²) >= 11 is 1.45. The van der Waals surface area contributed by atoms with Crippen molar-refractivity contribution in [3.8, 4) is 11.8 Å². The van der Waals surface area contributed by atoms with Crippen LogP contribution in [0.2, 0.25) is 0 Å². The SMILES string of the molecule is N#Cc1ccc(CNc2ccccc2OCCC(N)=O)s1. The van der Waals surface area contributed by atoms with Gasteiger partial charge >= 0.3 is 0 Å². The molecule has 0 spiro atoms. The van der Waals surface area contributed by atoms with Crippen molar-refractivity contribution in [2.24, 2.45) is 5.73 Å². The molecule has 2 rings (SSSR count). The smallest absolute Gasteiger partial charge is 0.220 e. The summed E-state index contributed by atoms with van der Waals surface area (Å²) in [6, 6.07) is 13.3. The van der Waals surface area contributed by atoms with Crippen molar-refractivity contribution >= 4 is 22.9 Å². The van der Waals surface area contributed by atoms with Crippen LogP contribution in [0.15, 0.2) is 36.4 Å². The van der Waals surface area contributed by atoms with Crippen molar-refractivity contribution in [1.29, 1.82) is 5.26 Å². The highest BCUT2D eigenvalue weighted by Gasteiger charge is 2.05. The first kappa shape index (κ1) is 14.9. The van der Waals surface area contributed by atoms with Gasteiger partial charge in [-0.2, -0.15) is 5.26 Å². The summed E-state index contributed by atoms with van der Waals surface area (Å²) < 4.78 is 5.55. The van der Waals surface area contributed by atoms with Gasteiger partial charge in [-0.15, -0.1) is 11.3 Å². The van der Waals surface area contributed by atoms with E-state index in [1.807, 2.05) is 30.3 Å². The van der Waals surface area contributed by atoms with Crippen molar-refractivity contribution in [3.63, 3.8) is 0 Å². The number of benzene rings is 1. The van der Waals surface area contributed by atoms with E-state index in [1.54, 1.807) is 6.07 Å². The Morgan fingerprint density at radius 3 is 2.86 bits per heavy atom. The number of carbonyl (C=O) groups excluding carboxylic acids is 1. The average Bonchev–Trinajstić information content (AvgIpc) is 2.94. The van der Waals surface area contributed by atoms with Crippen LogP contribution in [-0.2, 0) is 11.3 Å². The number of rotatable bonds is 7. The second-order valence-electron chi connectivity index (χ2n) is 4.29. The number of hydrogen-bond acceptors (Lipinski definition) is 5. The number of ether oxygens (including phenoxy) is 1. The van der Waals surface area contributed by atoms with Gasteiger partial charge in [0.1, 0.15) is 16.7 Å². The van der Waals surface area contributed by atoms with E-state index in [1.165, 1.54) is 11.3 Å². The largest absolute Gasteiger partial charge is 0.491 e. The van der Waals surface area contributed by atoms with Crippen LogP contribution < -0.4 is 15.8 Å². The number of nitriles is 1. The number of nitrogens with zero attached hydrogens (tertiary/aromatic N) is 1. The minimum absolute atomic E-state index is 0.185. The molecular formula is C15H15N3O2S. The van der Waals surface area contributed by atoms with Crippen molar-refractivity contribution < 1.29 is 9.53 Å². The minimum atomic E-state index is -0.386. The van der Waals surface area contributed by atoms with E-state index in [2.05, 4.69) is 11.4 Å². The third-order valence-electron chi connectivity index (χ3n) is 2.72. The third kappa shape index (κ3) is 4.51. The molecule has 21 heavy (non-hydrogen) atoms. The van der Waals surface area contributed by atoms with Crippen molar-refractivity contribution in [1.82, 2.24) is 0 Å². The van der Waals surface area contributed by atoms with E-state index in [-0.39, 0.29) is 18.9 Å². The molecule has 0 aliphatic carbocycles. The predicted octanol–water partition coefficient (Wildman–Crippen LogP) is 2.49. The minimum Gasteiger partial charge on any atom is -0.491 e. The quantitative estimate of drug-likeness (QED) is 0.822. The number of para-hydroxylation sites is 2. The molecule has 0 radical (unpaired) electrons. The van der Waals surface area contributed by atoms with Gasteiger partial charge in [0, 0.05) is 11.4 Å². The normalized spacial score (nSPS) is 9.86. The fourth-order valence-electron chi connectivity index (χ4n) is 1.72. The molecule has 6 heteroatoms. The Labute approximate surface area is 127 Å². The van der Waals surface area contributed by atoms with Gasteiger partial charge in [-0.1, -0.05) is 12.1 Å². The number of hydrogen-bond donors (Lipinski definition) is 2. The van der Waals surface area contributed by atoms with E-state index in [4.69, 9.17) is 15.7 Å². The van der Waals surface area contributed by atoms with E-state index >= 15 is 0 Å². The van der Waals surface area contributed by atoms with Crippen molar-refractivity contribution in [2.45, 2.75) is 13.0 Å². The lowest BCUT2D eigenvalue weighted by Crippen LogP contribution is -2.15. The molecule has 1 aromatic carbocycles. The van der Waals surface area contributed by atoms with Gasteiger partial charge in [0.15, 0.2) is 0 Å². The van der Waals surface area contributed by atoms with E-state index in [0.717, 1.165) is 10.6 Å². The number of nitrogens with two attached hydrogens (primary N) is 1. The molecule has 1 heterocycles. The van der Waals surface area contributed by atoms with Crippen LogP contribution in [0, 0.1) is 11.3 Å². The first-order valence-electron chi connectivity index (χ1n) is 6.42. The van der Waals surface area contributed by atoms with Crippen LogP contribution in [0.4, 0.5) is 5.69 Å². The molecule has 108 valence electrons. The fraction of sp³-hybridized carbons (Fsp3) is 0.200. The Kier molecular flexibility index (Phi) is 5.18. The number of amides is 1. The summed E-state index contributed by atoms with van der Waals surface area (Å²) in [6.07, 6.45) is 0.185. The summed E-state index contributed by atoms with van der Waals surface area (Å²) in [5.41, 5.74) is 5.93. The molecule has 0 aliphatic rings. The molecule has 0 unspecified atom stereocenters. The molecule has 2 aromatic rings. The molecule has 0 bridgehead atoms. The van der Waals surface area contributed by atoms with Crippen LogP contribution in [0.5, 0.6) is 5.75 Å². The molecule has 0 saturated heterocycles. The van der Waals surface area contributed by atoms with Crippen LogP contribution in [0.3, 0.4) is 0 Å². The molecule has 5 nitrogen and oxygen atoms in total. The van der Waals surface area contributed by atoms with Gasteiger partial charge in [0.25, 0.3) is 0 Å². The summed E-state index contributed by atoms with van der Waals surface area (Å²) in [5.74, 6) is 0.291.